The Bertz CT molecular complexity index is 1040. The topological polar surface area (TPSA) is 88.1 Å². The maximum Gasteiger partial charge on any atom is 0.262 e. The van der Waals surface area contributed by atoms with Gasteiger partial charge in [-0.2, -0.15) is 0 Å². The van der Waals surface area contributed by atoms with E-state index >= 15 is 0 Å². The van der Waals surface area contributed by atoms with Crippen LogP contribution < -0.4 is 5.56 Å². The highest BCUT2D eigenvalue weighted by Gasteiger charge is 2.34. The molecule has 0 spiro atoms. The fourth-order valence-electron chi connectivity index (χ4n) is 3.33. The molecule has 1 aliphatic heterocycles. The summed E-state index contributed by atoms with van der Waals surface area (Å²) in [4.78, 5) is 45.6. The van der Waals surface area contributed by atoms with Crippen molar-refractivity contribution in [1.82, 2.24) is 19.4 Å². The molecule has 0 radical (unpaired) electrons. The molecule has 4 rings (SSSR count). The molecule has 0 saturated heterocycles. The van der Waals surface area contributed by atoms with Gasteiger partial charge in [0.2, 0.25) is 0 Å². The summed E-state index contributed by atoms with van der Waals surface area (Å²) in [6.45, 7) is 2.72. The fourth-order valence-corrected chi connectivity index (χ4v) is 3.33. The minimum atomic E-state index is -0.242. The van der Waals surface area contributed by atoms with E-state index in [1.54, 1.807) is 34.9 Å². The number of benzene rings is 1. The van der Waals surface area contributed by atoms with Gasteiger partial charge in [0.15, 0.2) is 0 Å². The summed E-state index contributed by atoms with van der Waals surface area (Å²) in [7, 11) is 0. The SMILES string of the molecule is Cc1cc2c(=O)n(CCCCN3C(=O)c4ccccc4C3=O)cnc2[nH]1. The van der Waals surface area contributed by atoms with Gasteiger partial charge in [0.1, 0.15) is 5.65 Å². The minimum absolute atomic E-state index is 0.0833. The molecule has 0 saturated carbocycles. The van der Waals surface area contributed by atoms with Crippen LogP contribution in [0.2, 0.25) is 0 Å². The van der Waals surface area contributed by atoms with Crippen LogP contribution in [0.25, 0.3) is 11.0 Å². The number of aromatic amines is 1. The molecule has 7 heteroatoms. The second kappa shape index (κ2) is 6.25. The number of unbranched alkanes of at least 4 members (excludes halogenated alkanes) is 1. The smallest absolute Gasteiger partial charge is 0.262 e. The Morgan fingerprint density at radius 2 is 1.65 bits per heavy atom. The van der Waals surface area contributed by atoms with Crippen LogP contribution in [0.4, 0.5) is 0 Å². The molecule has 3 heterocycles. The molecule has 1 aliphatic rings. The number of amides is 2. The van der Waals surface area contributed by atoms with Crippen molar-refractivity contribution < 1.29 is 9.59 Å². The Balaban J connectivity index is 1.39. The summed E-state index contributed by atoms with van der Waals surface area (Å²) < 4.78 is 1.57. The first-order chi connectivity index (χ1) is 12.6. The van der Waals surface area contributed by atoms with Crippen LogP contribution in [0.5, 0.6) is 0 Å². The molecule has 1 aromatic carbocycles. The lowest BCUT2D eigenvalue weighted by Gasteiger charge is -2.13. The lowest BCUT2D eigenvalue weighted by Crippen LogP contribution is -2.31. The monoisotopic (exact) mass is 350 g/mol. The number of aryl methyl sites for hydroxylation is 2. The van der Waals surface area contributed by atoms with Crippen LogP contribution in [0.3, 0.4) is 0 Å². The van der Waals surface area contributed by atoms with Gasteiger partial charge in [-0.15, -0.1) is 0 Å². The summed E-state index contributed by atoms with van der Waals surface area (Å²) in [6, 6.07) is 8.65. The molecular weight excluding hydrogens is 332 g/mol. The first-order valence-electron chi connectivity index (χ1n) is 8.56. The van der Waals surface area contributed by atoms with E-state index in [0.717, 1.165) is 5.69 Å². The third kappa shape index (κ3) is 2.61. The predicted molar refractivity (Wildman–Crippen MR) is 96.1 cm³/mol. The van der Waals surface area contributed by atoms with Gasteiger partial charge in [-0.05, 0) is 38.0 Å². The number of carbonyl (C=O) groups excluding carboxylic acids is 2. The maximum absolute atomic E-state index is 12.4. The van der Waals surface area contributed by atoms with Crippen molar-refractivity contribution in [1.29, 1.82) is 0 Å². The largest absolute Gasteiger partial charge is 0.343 e. The van der Waals surface area contributed by atoms with Crippen LogP contribution in [-0.2, 0) is 6.54 Å². The third-order valence-corrected chi connectivity index (χ3v) is 4.66. The number of H-pyrrole nitrogens is 1. The first-order valence-corrected chi connectivity index (χ1v) is 8.56. The van der Waals surface area contributed by atoms with Crippen molar-refractivity contribution in [3.05, 3.63) is 63.8 Å². The van der Waals surface area contributed by atoms with Crippen LogP contribution in [0, 0.1) is 6.92 Å². The van der Waals surface area contributed by atoms with Gasteiger partial charge in [0.25, 0.3) is 17.4 Å². The molecule has 0 unspecified atom stereocenters. The molecule has 132 valence electrons. The Morgan fingerprint density at radius 3 is 2.35 bits per heavy atom. The zero-order valence-corrected chi connectivity index (χ0v) is 14.4. The van der Waals surface area contributed by atoms with Crippen LogP contribution >= 0.6 is 0 Å². The molecule has 0 fully saturated rings. The van der Waals surface area contributed by atoms with Gasteiger partial charge >= 0.3 is 0 Å². The van der Waals surface area contributed by atoms with E-state index in [0.29, 0.717) is 48.1 Å². The van der Waals surface area contributed by atoms with Crippen molar-refractivity contribution in [2.24, 2.45) is 0 Å². The maximum atomic E-state index is 12.4. The van der Waals surface area contributed by atoms with Crippen molar-refractivity contribution in [3.8, 4) is 0 Å². The number of hydrogen-bond donors (Lipinski definition) is 1. The highest BCUT2D eigenvalue weighted by atomic mass is 16.2. The molecule has 0 atom stereocenters. The van der Waals surface area contributed by atoms with Crippen LogP contribution in [0.1, 0.15) is 39.3 Å². The Labute approximate surface area is 149 Å². The number of nitrogens with zero attached hydrogens (tertiary/aromatic N) is 3. The standard InChI is InChI=1S/C19H18N4O3/c1-12-10-15-16(21-12)20-11-22(17(15)24)8-4-5-9-23-18(25)13-6-2-3-7-14(13)19(23)26/h2-3,6-7,10-11,21H,4-5,8-9H2,1H3. The average Bonchev–Trinajstić information content (AvgIpc) is 3.13. The molecule has 0 aliphatic carbocycles. The third-order valence-electron chi connectivity index (χ3n) is 4.66. The summed E-state index contributed by atoms with van der Waals surface area (Å²) in [6.07, 6.45) is 2.83. The van der Waals surface area contributed by atoms with E-state index in [9.17, 15) is 14.4 Å². The van der Waals surface area contributed by atoms with Gasteiger partial charge < -0.3 is 4.98 Å². The molecule has 26 heavy (non-hydrogen) atoms. The van der Waals surface area contributed by atoms with E-state index in [1.807, 2.05) is 6.92 Å². The highest BCUT2D eigenvalue weighted by Crippen LogP contribution is 2.22. The average molecular weight is 350 g/mol. The van der Waals surface area contributed by atoms with Crippen molar-refractivity contribution in [2.75, 3.05) is 6.54 Å². The highest BCUT2D eigenvalue weighted by molar-refractivity contribution is 6.21. The molecule has 2 amide bonds. The number of aromatic nitrogens is 3. The van der Waals surface area contributed by atoms with E-state index in [-0.39, 0.29) is 17.4 Å². The van der Waals surface area contributed by atoms with Crippen LogP contribution in [0.15, 0.2) is 41.5 Å². The Hall–Kier alpha value is -3.22. The number of carbonyl (C=O) groups is 2. The molecule has 2 aromatic heterocycles. The normalized spacial score (nSPS) is 13.7. The zero-order valence-electron chi connectivity index (χ0n) is 14.4. The number of rotatable bonds is 5. The number of imide groups is 1. The van der Waals surface area contributed by atoms with Crippen molar-refractivity contribution >= 4 is 22.8 Å². The minimum Gasteiger partial charge on any atom is -0.343 e. The molecule has 1 N–H and O–H groups in total. The van der Waals surface area contributed by atoms with Gasteiger partial charge in [0, 0.05) is 18.8 Å². The number of nitrogens with one attached hydrogen (secondary N) is 1. The second-order valence-electron chi connectivity index (χ2n) is 6.47. The fraction of sp³-hybridized carbons (Fsp3) is 0.263. The van der Waals surface area contributed by atoms with Crippen LogP contribution in [-0.4, -0.2) is 37.8 Å². The predicted octanol–water partition coefficient (Wildman–Crippen LogP) is 2.11. The summed E-state index contributed by atoms with van der Waals surface area (Å²) in [5.74, 6) is -0.484. The van der Waals surface area contributed by atoms with Gasteiger partial charge in [-0.1, -0.05) is 12.1 Å². The molecular formula is C19H18N4O3. The van der Waals surface area contributed by atoms with E-state index in [4.69, 9.17) is 0 Å². The molecule has 0 bridgehead atoms. The van der Waals surface area contributed by atoms with E-state index < -0.39 is 0 Å². The Morgan fingerprint density at radius 1 is 1.00 bits per heavy atom. The summed E-state index contributed by atoms with van der Waals surface area (Å²) in [5, 5.41) is 0.574. The summed E-state index contributed by atoms with van der Waals surface area (Å²) in [5.41, 5.74) is 2.33. The van der Waals surface area contributed by atoms with Gasteiger partial charge in [-0.3, -0.25) is 23.9 Å². The summed E-state index contributed by atoms with van der Waals surface area (Å²) >= 11 is 0. The Kier molecular flexibility index (Phi) is 3.91. The van der Waals surface area contributed by atoms with Crippen molar-refractivity contribution in [3.63, 3.8) is 0 Å². The van der Waals surface area contributed by atoms with Crippen molar-refractivity contribution in [2.45, 2.75) is 26.3 Å². The van der Waals surface area contributed by atoms with Gasteiger partial charge in [0.05, 0.1) is 22.8 Å². The molecule has 7 nitrogen and oxygen atoms in total. The lowest BCUT2D eigenvalue weighted by molar-refractivity contribution is 0.0651. The molecule has 3 aromatic rings. The van der Waals surface area contributed by atoms with E-state index in [2.05, 4.69) is 9.97 Å². The van der Waals surface area contributed by atoms with E-state index in [1.165, 1.54) is 11.2 Å². The second-order valence-corrected chi connectivity index (χ2v) is 6.47. The zero-order chi connectivity index (χ0) is 18.3. The lowest BCUT2D eigenvalue weighted by atomic mass is 10.1. The number of hydrogen-bond acceptors (Lipinski definition) is 4. The van der Waals surface area contributed by atoms with Gasteiger partial charge in [-0.25, -0.2) is 4.98 Å². The number of fused-ring (bicyclic) bond motifs is 2. The quantitative estimate of drug-likeness (QED) is 0.564. The first kappa shape index (κ1) is 16.3.